The number of carbonyl (C=O) groups excluding carboxylic acids is 1. The van der Waals surface area contributed by atoms with E-state index in [2.05, 4.69) is 37.4 Å². The van der Waals surface area contributed by atoms with Crippen molar-refractivity contribution in [1.82, 2.24) is 5.32 Å². The zero-order valence-electron chi connectivity index (χ0n) is 15.1. The van der Waals surface area contributed by atoms with Gasteiger partial charge >= 0.3 is 0 Å². The molecule has 1 atom stereocenters. The smallest absolute Gasteiger partial charge is 0.220 e. The summed E-state index contributed by atoms with van der Waals surface area (Å²) in [6.07, 6.45) is 2.12. The van der Waals surface area contributed by atoms with Gasteiger partial charge in [0.05, 0.1) is 13.2 Å². The second-order valence-corrected chi connectivity index (χ2v) is 6.19. The van der Waals surface area contributed by atoms with E-state index in [1.54, 1.807) is 7.11 Å². The van der Waals surface area contributed by atoms with Crippen LogP contribution in [-0.4, -0.2) is 13.0 Å². The molecule has 0 aliphatic heterocycles. The van der Waals surface area contributed by atoms with Crippen molar-refractivity contribution < 1.29 is 9.53 Å². The van der Waals surface area contributed by atoms with Crippen LogP contribution in [0.2, 0.25) is 0 Å². The Morgan fingerprint density at radius 1 is 1.12 bits per heavy atom. The summed E-state index contributed by atoms with van der Waals surface area (Å²) in [5.41, 5.74) is 4.68. The van der Waals surface area contributed by atoms with Crippen LogP contribution in [0.3, 0.4) is 0 Å². The number of benzene rings is 2. The predicted octanol–water partition coefficient (Wildman–Crippen LogP) is 4.51. The molecule has 3 heteroatoms. The van der Waals surface area contributed by atoms with Gasteiger partial charge in [0, 0.05) is 6.42 Å². The lowest BCUT2D eigenvalue weighted by Gasteiger charge is -2.19. The maximum atomic E-state index is 12.3. The van der Waals surface area contributed by atoms with Gasteiger partial charge in [0.25, 0.3) is 0 Å². The minimum Gasteiger partial charge on any atom is -0.496 e. The molecule has 0 spiro atoms. The second-order valence-electron chi connectivity index (χ2n) is 6.19. The van der Waals surface area contributed by atoms with Crippen molar-refractivity contribution in [3.63, 3.8) is 0 Å². The highest BCUT2D eigenvalue weighted by Gasteiger charge is 2.14. The molecule has 0 aliphatic rings. The zero-order valence-corrected chi connectivity index (χ0v) is 15.1. The molecule has 1 amide bonds. The number of amides is 1. The minimum atomic E-state index is 0.0799. The summed E-state index contributed by atoms with van der Waals surface area (Å²) in [6, 6.07) is 14.4. The first-order valence-corrected chi connectivity index (χ1v) is 8.53. The summed E-state index contributed by atoms with van der Waals surface area (Å²) < 4.78 is 5.27. The molecule has 0 saturated heterocycles. The third-order valence-corrected chi connectivity index (χ3v) is 4.41. The Hall–Kier alpha value is -2.29. The second kappa shape index (κ2) is 8.53. The Labute approximate surface area is 145 Å². The van der Waals surface area contributed by atoms with Crippen molar-refractivity contribution in [2.45, 2.75) is 46.1 Å². The van der Waals surface area contributed by atoms with Crippen LogP contribution < -0.4 is 10.1 Å². The molecule has 2 aromatic carbocycles. The number of nitrogens with one attached hydrogen (secondary N) is 1. The van der Waals surface area contributed by atoms with Crippen LogP contribution >= 0.6 is 0 Å². The number of carbonyl (C=O) groups is 1. The van der Waals surface area contributed by atoms with Crippen LogP contribution in [0.1, 0.15) is 48.1 Å². The first kappa shape index (κ1) is 18.1. The zero-order chi connectivity index (χ0) is 17.5. The molecular weight excluding hydrogens is 298 g/mol. The SMILES string of the molecule is CCC(NC(=O)CCc1ccc(OC)c(C)c1)c1ccccc1C. The fourth-order valence-corrected chi connectivity index (χ4v) is 3.00. The monoisotopic (exact) mass is 325 g/mol. The van der Waals surface area contributed by atoms with Crippen molar-refractivity contribution >= 4 is 5.91 Å². The quantitative estimate of drug-likeness (QED) is 0.813. The molecule has 24 heavy (non-hydrogen) atoms. The number of ether oxygens (including phenoxy) is 1. The number of methoxy groups -OCH3 is 1. The molecular formula is C21H27NO2. The Morgan fingerprint density at radius 3 is 2.50 bits per heavy atom. The standard InChI is InChI=1S/C21H27NO2/c1-5-19(18-9-7-6-8-15(18)2)22-21(23)13-11-17-10-12-20(24-4)16(3)14-17/h6-10,12,14,19H,5,11,13H2,1-4H3,(H,22,23). The molecule has 0 saturated carbocycles. The maximum absolute atomic E-state index is 12.3. The van der Waals surface area contributed by atoms with Gasteiger partial charge < -0.3 is 10.1 Å². The van der Waals surface area contributed by atoms with Crippen molar-refractivity contribution in [3.05, 3.63) is 64.7 Å². The molecule has 0 aromatic heterocycles. The van der Waals surface area contributed by atoms with Gasteiger partial charge in [-0.05, 0) is 55.0 Å². The molecule has 2 aromatic rings. The van der Waals surface area contributed by atoms with E-state index < -0.39 is 0 Å². The van der Waals surface area contributed by atoms with Crippen LogP contribution in [0.25, 0.3) is 0 Å². The van der Waals surface area contributed by atoms with E-state index in [9.17, 15) is 4.79 Å². The van der Waals surface area contributed by atoms with E-state index in [4.69, 9.17) is 4.74 Å². The summed E-state index contributed by atoms with van der Waals surface area (Å²) in [7, 11) is 1.67. The van der Waals surface area contributed by atoms with Crippen LogP contribution in [0.15, 0.2) is 42.5 Å². The highest BCUT2D eigenvalue weighted by atomic mass is 16.5. The van der Waals surface area contributed by atoms with E-state index in [1.165, 1.54) is 11.1 Å². The van der Waals surface area contributed by atoms with Gasteiger partial charge in [0.1, 0.15) is 5.75 Å². The van der Waals surface area contributed by atoms with Gasteiger partial charge in [-0.15, -0.1) is 0 Å². The Balaban J connectivity index is 1.95. The minimum absolute atomic E-state index is 0.0799. The van der Waals surface area contributed by atoms with Crippen molar-refractivity contribution in [2.24, 2.45) is 0 Å². The summed E-state index contributed by atoms with van der Waals surface area (Å²) in [6.45, 7) is 6.21. The van der Waals surface area contributed by atoms with E-state index in [1.807, 2.05) is 31.2 Å². The van der Waals surface area contributed by atoms with Crippen molar-refractivity contribution in [3.8, 4) is 5.75 Å². The van der Waals surface area contributed by atoms with Gasteiger partial charge in [0.15, 0.2) is 0 Å². The Kier molecular flexibility index (Phi) is 6.42. The van der Waals surface area contributed by atoms with Gasteiger partial charge in [-0.3, -0.25) is 4.79 Å². The summed E-state index contributed by atoms with van der Waals surface area (Å²) in [5.74, 6) is 0.979. The fraction of sp³-hybridized carbons (Fsp3) is 0.381. The van der Waals surface area contributed by atoms with Crippen molar-refractivity contribution in [2.75, 3.05) is 7.11 Å². The fourth-order valence-electron chi connectivity index (χ4n) is 3.00. The summed E-state index contributed by atoms with van der Waals surface area (Å²) in [5, 5.41) is 3.17. The van der Waals surface area contributed by atoms with Gasteiger partial charge in [-0.2, -0.15) is 0 Å². The van der Waals surface area contributed by atoms with Gasteiger partial charge in [0.2, 0.25) is 5.91 Å². The van der Waals surface area contributed by atoms with Crippen LogP contribution in [0.4, 0.5) is 0 Å². The molecule has 0 aliphatic carbocycles. The molecule has 0 radical (unpaired) electrons. The molecule has 128 valence electrons. The average molecular weight is 325 g/mol. The maximum Gasteiger partial charge on any atom is 0.220 e. The largest absolute Gasteiger partial charge is 0.496 e. The van der Waals surface area contributed by atoms with Crippen molar-refractivity contribution in [1.29, 1.82) is 0 Å². The normalized spacial score (nSPS) is 11.8. The lowest BCUT2D eigenvalue weighted by atomic mass is 9.99. The summed E-state index contributed by atoms with van der Waals surface area (Å²) in [4.78, 5) is 12.3. The van der Waals surface area contributed by atoms with E-state index in [0.29, 0.717) is 6.42 Å². The highest BCUT2D eigenvalue weighted by molar-refractivity contribution is 5.76. The highest BCUT2D eigenvalue weighted by Crippen LogP contribution is 2.21. The molecule has 3 nitrogen and oxygen atoms in total. The topological polar surface area (TPSA) is 38.3 Å². The summed E-state index contributed by atoms with van der Waals surface area (Å²) >= 11 is 0. The lowest BCUT2D eigenvalue weighted by molar-refractivity contribution is -0.121. The molecule has 2 rings (SSSR count). The van der Waals surface area contributed by atoms with E-state index >= 15 is 0 Å². The molecule has 0 bridgehead atoms. The molecule has 0 fully saturated rings. The molecule has 0 heterocycles. The van der Waals surface area contributed by atoms with Gasteiger partial charge in [-0.25, -0.2) is 0 Å². The number of hydrogen-bond acceptors (Lipinski definition) is 2. The van der Waals surface area contributed by atoms with E-state index in [-0.39, 0.29) is 11.9 Å². The number of hydrogen-bond donors (Lipinski definition) is 1. The van der Waals surface area contributed by atoms with Crippen LogP contribution in [0.5, 0.6) is 5.75 Å². The lowest BCUT2D eigenvalue weighted by Crippen LogP contribution is -2.28. The van der Waals surface area contributed by atoms with E-state index in [0.717, 1.165) is 29.7 Å². The predicted molar refractivity (Wildman–Crippen MR) is 98.4 cm³/mol. The average Bonchev–Trinajstić information content (AvgIpc) is 2.58. The third-order valence-electron chi connectivity index (χ3n) is 4.41. The molecule has 1 unspecified atom stereocenters. The van der Waals surface area contributed by atoms with Crippen LogP contribution in [0, 0.1) is 13.8 Å². The Bertz CT molecular complexity index is 694. The first-order valence-electron chi connectivity index (χ1n) is 8.53. The molecule has 1 N–H and O–H groups in total. The van der Waals surface area contributed by atoms with Crippen LogP contribution in [-0.2, 0) is 11.2 Å². The first-order chi connectivity index (χ1) is 11.5. The number of aryl methyl sites for hydroxylation is 3. The Morgan fingerprint density at radius 2 is 1.88 bits per heavy atom. The van der Waals surface area contributed by atoms with Gasteiger partial charge in [-0.1, -0.05) is 43.3 Å². The number of rotatable bonds is 7. The third kappa shape index (κ3) is 4.60.